The van der Waals surface area contributed by atoms with Crippen LogP contribution < -0.4 is 5.73 Å². The molecular weight excluding hydrogens is 228 g/mol. The first kappa shape index (κ1) is 11.7. The number of nitrogens with zero attached hydrogens (tertiary/aromatic N) is 1. The molecule has 0 heterocycles. The highest BCUT2D eigenvalue weighted by molar-refractivity contribution is 6.02. The normalized spacial score (nSPS) is 11.2. The van der Waals surface area contributed by atoms with Gasteiger partial charge in [-0.3, -0.25) is 0 Å². The average molecular weight is 238 g/mol. The predicted octanol–water partition coefficient (Wildman–Crippen LogP) is 2.41. The summed E-state index contributed by atoms with van der Waals surface area (Å²) in [5, 5.41) is 19.4. The van der Waals surface area contributed by atoms with Crippen LogP contribution in [0.5, 0.6) is 0 Å². The van der Waals surface area contributed by atoms with Crippen molar-refractivity contribution in [1.29, 1.82) is 5.26 Å². The molecular formula is C14H10N2O2. The molecule has 0 amide bonds. The van der Waals surface area contributed by atoms with Gasteiger partial charge in [0.1, 0.15) is 11.6 Å². The molecule has 0 aliphatic heterocycles. The third-order valence-electron chi connectivity index (χ3n) is 2.64. The Kier molecular flexibility index (Phi) is 2.98. The van der Waals surface area contributed by atoms with Crippen molar-refractivity contribution in [3.05, 3.63) is 47.5 Å². The van der Waals surface area contributed by atoms with E-state index in [9.17, 15) is 4.79 Å². The zero-order valence-electron chi connectivity index (χ0n) is 9.42. The molecule has 0 atom stereocenters. The molecule has 0 saturated carbocycles. The highest BCUT2D eigenvalue weighted by Crippen LogP contribution is 2.26. The maximum absolute atomic E-state index is 10.9. The molecule has 0 aliphatic rings. The number of rotatable bonds is 2. The third-order valence-corrected chi connectivity index (χ3v) is 2.64. The third kappa shape index (κ3) is 2.02. The molecule has 2 aromatic rings. The summed E-state index contributed by atoms with van der Waals surface area (Å²) in [4.78, 5) is 10.9. The van der Waals surface area contributed by atoms with Crippen LogP contribution in [0, 0.1) is 11.3 Å². The lowest BCUT2D eigenvalue weighted by Crippen LogP contribution is -1.99. The molecule has 3 N–H and O–H groups in total. The van der Waals surface area contributed by atoms with E-state index >= 15 is 0 Å². The van der Waals surface area contributed by atoms with Gasteiger partial charge in [-0.2, -0.15) is 5.26 Å². The summed E-state index contributed by atoms with van der Waals surface area (Å²) in [7, 11) is 0. The van der Waals surface area contributed by atoms with E-state index in [2.05, 4.69) is 0 Å². The molecule has 0 spiro atoms. The molecule has 88 valence electrons. The second-order valence-corrected chi connectivity index (χ2v) is 3.76. The molecule has 4 heteroatoms. The topological polar surface area (TPSA) is 87.1 Å². The summed E-state index contributed by atoms with van der Waals surface area (Å²) in [6, 6.07) is 12.7. The fourth-order valence-corrected chi connectivity index (χ4v) is 1.76. The molecule has 2 rings (SSSR count). The summed E-state index contributed by atoms with van der Waals surface area (Å²) in [6.07, 6.45) is 1.31. The number of benzene rings is 2. The Hall–Kier alpha value is -2.80. The summed E-state index contributed by atoms with van der Waals surface area (Å²) in [6.45, 7) is 0. The number of nitrogens with two attached hydrogens (primary N) is 1. The van der Waals surface area contributed by atoms with Crippen molar-refractivity contribution >= 4 is 28.5 Å². The zero-order chi connectivity index (χ0) is 13.1. The molecule has 18 heavy (non-hydrogen) atoms. The van der Waals surface area contributed by atoms with Crippen molar-refractivity contribution in [3.63, 3.8) is 0 Å². The van der Waals surface area contributed by atoms with Crippen LogP contribution in [0.3, 0.4) is 0 Å². The van der Waals surface area contributed by atoms with E-state index in [0.717, 1.165) is 10.8 Å². The minimum atomic E-state index is -1.26. The van der Waals surface area contributed by atoms with E-state index in [1.165, 1.54) is 6.08 Å². The van der Waals surface area contributed by atoms with Crippen molar-refractivity contribution in [2.45, 2.75) is 0 Å². The molecule has 0 aliphatic carbocycles. The van der Waals surface area contributed by atoms with Crippen LogP contribution in [-0.4, -0.2) is 11.1 Å². The van der Waals surface area contributed by atoms with E-state index in [1.54, 1.807) is 12.1 Å². The van der Waals surface area contributed by atoms with E-state index < -0.39 is 5.97 Å². The summed E-state index contributed by atoms with van der Waals surface area (Å²) >= 11 is 0. The van der Waals surface area contributed by atoms with Crippen molar-refractivity contribution in [1.82, 2.24) is 0 Å². The first-order valence-electron chi connectivity index (χ1n) is 5.26. The SMILES string of the molecule is N#CC(=Cc1c(N)ccc2ccccc12)C(=O)O. The smallest absolute Gasteiger partial charge is 0.346 e. The van der Waals surface area contributed by atoms with Crippen molar-refractivity contribution in [2.75, 3.05) is 5.73 Å². The Morgan fingerprint density at radius 1 is 1.28 bits per heavy atom. The fourth-order valence-electron chi connectivity index (χ4n) is 1.76. The molecule has 0 saturated heterocycles. The number of carboxylic acid groups (broad SMARTS) is 1. The highest BCUT2D eigenvalue weighted by atomic mass is 16.4. The lowest BCUT2D eigenvalue weighted by atomic mass is 10.0. The second kappa shape index (κ2) is 4.60. The van der Waals surface area contributed by atoms with Gasteiger partial charge in [0, 0.05) is 11.3 Å². The maximum Gasteiger partial charge on any atom is 0.346 e. The van der Waals surface area contributed by atoms with Gasteiger partial charge in [0.25, 0.3) is 0 Å². The summed E-state index contributed by atoms with van der Waals surface area (Å²) < 4.78 is 0. The lowest BCUT2D eigenvalue weighted by molar-refractivity contribution is -0.132. The van der Waals surface area contributed by atoms with E-state index in [4.69, 9.17) is 16.1 Å². The summed E-state index contributed by atoms with van der Waals surface area (Å²) in [5.74, 6) is -1.26. The van der Waals surface area contributed by atoms with Crippen molar-refractivity contribution in [2.24, 2.45) is 0 Å². The molecule has 0 fully saturated rings. The van der Waals surface area contributed by atoms with Gasteiger partial charge in [0.15, 0.2) is 0 Å². The van der Waals surface area contributed by atoms with Crippen LogP contribution >= 0.6 is 0 Å². The number of hydrogen-bond acceptors (Lipinski definition) is 3. The van der Waals surface area contributed by atoms with E-state index in [1.807, 2.05) is 30.3 Å². The number of fused-ring (bicyclic) bond motifs is 1. The largest absolute Gasteiger partial charge is 0.477 e. The highest BCUT2D eigenvalue weighted by Gasteiger charge is 2.09. The number of anilines is 1. The van der Waals surface area contributed by atoms with E-state index in [0.29, 0.717) is 11.3 Å². The van der Waals surface area contributed by atoms with Gasteiger partial charge in [-0.25, -0.2) is 4.79 Å². The monoisotopic (exact) mass is 238 g/mol. The van der Waals surface area contributed by atoms with Crippen LogP contribution in [-0.2, 0) is 4.79 Å². The van der Waals surface area contributed by atoms with Gasteiger partial charge in [0.05, 0.1) is 0 Å². The van der Waals surface area contributed by atoms with Crippen LogP contribution in [0.4, 0.5) is 5.69 Å². The standard InChI is InChI=1S/C14H10N2O2/c15-8-10(14(17)18)7-12-11-4-2-1-3-9(11)5-6-13(12)16/h1-7H,16H2,(H,17,18). The Morgan fingerprint density at radius 2 is 2.00 bits per heavy atom. The van der Waals surface area contributed by atoms with Crippen LogP contribution in [0.1, 0.15) is 5.56 Å². The Bertz CT molecular complexity index is 696. The molecule has 2 aromatic carbocycles. The predicted molar refractivity (Wildman–Crippen MR) is 69.6 cm³/mol. The van der Waals surface area contributed by atoms with Gasteiger partial charge in [-0.1, -0.05) is 30.3 Å². The summed E-state index contributed by atoms with van der Waals surface area (Å²) in [5.41, 5.74) is 6.52. The van der Waals surface area contributed by atoms with Gasteiger partial charge < -0.3 is 10.8 Å². The van der Waals surface area contributed by atoms with Crippen LogP contribution in [0.2, 0.25) is 0 Å². The minimum Gasteiger partial charge on any atom is -0.477 e. The van der Waals surface area contributed by atoms with Crippen LogP contribution in [0.25, 0.3) is 16.8 Å². The molecule has 0 unspecified atom stereocenters. The number of hydrogen-bond donors (Lipinski definition) is 2. The number of carboxylic acids is 1. The first-order valence-corrected chi connectivity index (χ1v) is 5.26. The molecule has 0 radical (unpaired) electrons. The molecule has 0 bridgehead atoms. The molecule has 4 nitrogen and oxygen atoms in total. The second-order valence-electron chi connectivity index (χ2n) is 3.76. The maximum atomic E-state index is 10.9. The number of nitriles is 1. The number of carbonyl (C=O) groups is 1. The van der Waals surface area contributed by atoms with E-state index in [-0.39, 0.29) is 5.57 Å². The Balaban J connectivity index is 2.75. The van der Waals surface area contributed by atoms with Gasteiger partial charge in [0.2, 0.25) is 0 Å². The van der Waals surface area contributed by atoms with Crippen molar-refractivity contribution in [3.8, 4) is 6.07 Å². The average Bonchev–Trinajstić information content (AvgIpc) is 2.37. The Morgan fingerprint density at radius 3 is 2.67 bits per heavy atom. The number of aliphatic carboxylic acids is 1. The van der Waals surface area contributed by atoms with Crippen molar-refractivity contribution < 1.29 is 9.90 Å². The lowest BCUT2D eigenvalue weighted by Gasteiger charge is -2.06. The first-order chi connectivity index (χ1) is 8.63. The Labute approximate surface area is 104 Å². The van der Waals surface area contributed by atoms with Gasteiger partial charge >= 0.3 is 5.97 Å². The van der Waals surface area contributed by atoms with Gasteiger partial charge in [-0.15, -0.1) is 0 Å². The minimum absolute atomic E-state index is 0.335. The van der Waals surface area contributed by atoms with Crippen LogP contribution in [0.15, 0.2) is 42.0 Å². The molecule has 0 aromatic heterocycles. The quantitative estimate of drug-likeness (QED) is 0.477. The number of nitrogen functional groups attached to an aromatic ring is 1. The van der Waals surface area contributed by atoms with Gasteiger partial charge in [-0.05, 0) is 22.9 Å². The zero-order valence-corrected chi connectivity index (χ0v) is 9.42. The fraction of sp³-hybridized carbons (Fsp3) is 0.